The number of urea groups is 1. The lowest BCUT2D eigenvalue weighted by atomic mass is 9.94. The van der Waals surface area contributed by atoms with Gasteiger partial charge in [-0.2, -0.15) is 0 Å². The van der Waals surface area contributed by atoms with Crippen LogP contribution in [-0.4, -0.2) is 67.2 Å². The molecule has 0 saturated carbocycles. The number of hydrogen-bond acceptors (Lipinski definition) is 5. The van der Waals surface area contributed by atoms with Gasteiger partial charge in [-0.05, 0) is 51.8 Å². The number of amides is 4. The molecule has 9 heteroatoms. The Morgan fingerprint density at radius 3 is 2.74 bits per heavy atom. The molecule has 9 nitrogen and oxygen atoms in total. The molecule has 0 aliphatic carbocycles. The molecule has 0 unspecified atom stereocenters. The van der Waals surface area contributed by atoms with Crippen molar-refractivity contribution in [1.29, 1.82) is 0 Å². The first kappa shape index (κ1) is 22.9. The maximum atomic E-state index is 13.2. The summed E-state index contributed by atoms with van der Waals surface area (Å²) in [5, 5.41) is 8.30. The van der Waals surface area contributed by atoms with Crippen molar-refractivity contribution in [3.8, 4) is 5.75 Å². The fourth-order valence-corrected chi connectivity index (χ4v) is 4.01. The Kier molecular flexibility index (Phi) is 7.37. The van der Waals surface area contributed by atoms with E-state index in [4.69, 9.17) is 9.47 Å². The number of benzene rings is 1. The van der Waals surface area contributed by atoms with Crippen molar-refractivity contribution >= 4 is 23.5 Å². The van der Waals surface area contributed by atoms with Crippen LogP contribution in [0, 0.1) is 0 Å². The van der Waals surface area contributed by atoms with E-state index in [0.717, 1.165) is 6.42 Å². The smallest absolute Gasteiger partial charge is 0.319 e. The van der Waals surface area contributed by atoms with Crippen molar-refractivity contribution in [1.82, 2.24) is 15.5 Å². The zero-order valence-corrected chi connectivity index (χ0v) is 18.6. The molecule has 0 bridgehead atoms. The fraction of sp³-hybridized carbons (Fsp3) is 0.591. The summed E-state index contributed by atoms with van der Waals surface area (Å²) in [6, 6.07) is 4.54. The number of ether oxygens (including phenoxy) is 2. The number of likely N-dealkylation sites (N-methyl/N-ethyl adjacent to an activating group) is 1. The van der Waals surface area contributed by atoms with Gasteiger partial charge in [0, 0.05) is 25.3 Å². The number of fused-ring (bicyclic) bond motifs is 2. The molecular weight excluding hydrogens is 400 g/mol. The Bertz CT molecular complexity index is 828. The second kappa shape index (κ2) is 10.00. The molecule has 0 aromatic heterocycles. The van der Waals surface area contributed by atoms with Gasteiger partial charge in [0.05, 0.1) is 24.1 Å². The van der Waals surface area contributed by atoms with E-state index in [1.54, 1.807) is 30.1 Å². The number of nitrogens with one attached hydrogen (secondary N) is 3. The Labute approximate surface area is 182 Å². The van der Waals surface area contributed by atoms with E-state index in [1.165, 1.54) is 0 Å². The number of carbonyl (C=O) groups excluding carboxylic acids is 3. The molecule has 2 aliphatic rings. The van der Waals surface area contributed by atoms with Crippen LogP contribution in [0.1, 0.15) is 50.4 Å². The molecule has 1 saturated heterocycles. The average molecular weight is 433 g/mol. The monoisotopic (exact) mass is 432 g/mol. The lowest BCUT2D eigenvalue weighted by molar-refractivity contribution is -0.133. The highest BCUT2D eigenvalue weighted by Gasteiger charge is 2.39. The number of nitrogens with zero attached hydrogens (tertiary/aromatic N) is 1. The lowest BCUT2D eigenvalue weighted by Gasteiger charge is -2.42. The van der Waals surface area contributed by atoms with Gasteiger partial charge < -0.3 is 30.3 Å². The molecular formula is C22H32N4O5. The van der Waals surface area contributed by atoms with E-state index in [9.17, 15) is 14.4 Å². The average Bonchev–Trinajstić information content (AvgIpc) is 2.70. The van der Waals surface area contributed by atoms with Crippen molar-refractivity contribution < 1.29 is 23.9 Å². The van der Waals surface area contributed by atoms with Gasteiger partial charge in [0.1, 0.15) is 18.5 Å². The van der Waals surface area contributed by atoms with Crippen LogP contribution < -0.4 is 20.7 Å². The summed E-state index contributed by atoms with van der Waals surface area (Å²) < 4.78 is 12.1. The highest BCUT2D eigenvalue weighted by Crippen LogP contribution is 2.32. The molecule has 31 heavy (non-hydrogen) atoms. The van der Waals surface area contributed by atoms with Crippen LogP contribution in [0.2, 0.25) is 0 Å². The Morgan fingerprint density at radius 1 is 1.26 bits per heavy atom. The summed E-state index contributed by atoms with van der Waals surface area (Å²) >= 11 is 0. The highest BCUT2D eigenvalue weighted by atomic mass is 16.5. The Hall–Kier alpha value is -2.81. The van der Waals surface area contributed by atoms with Crippen LogP contribution in [0.5, 0.6) is 5.75 Å². The molecule has 2 heterocycles. The highest BCUT2D eigenvalue weighted by molar-refractivity contribution is 5.99. The van der Waals surface area contributed by atoms with Crippen LogP contribution >= 0.6 is 0 Å². The SMILES string of the molecule is CCNC(=O)C[C@@H]1CC[C@H]2[C@@H](COc3ccc(NC(=O)NC(C)C)cc3C(=O)N2C)O1. The van der Waals surface area contributed by atoms with Crippen LogP contribution in [0.3, 0.4) is 0 Å². The van der Waals surface area contributed by atoms with Crippen LogP contribution in [0.15, 0.2) is 18.2 Å². The molecule has 3 atom stereocenters. The summed E-state index contributed by atoms with van der Waals surface area (Å²) in [6.07, 6.45) is 1.22. The zero-order chi connectivity index (χ0) is 22.5. The van der Waals surface area contributed by atoms with E-state index < -0.39 is 0 Å². The van der Waals surface area contributed by atoms with E-state index in [1.807, 2.05) is 20.8 Å². The minimum Gasteiger partial charge on any atom is -0.490 e. The van der Waals surface area contributed by atoms with Crippen LogP contribution in [0.25, 0.3) is 0 Å². The number of anilines is 1. The topological polar surface area (TPSA) is 109 Å². The molecule has 0 radical (unpaired) electrons. The van der Waals surface area contributed by atoms with Gasteiger partial charge in [-0.1, -0.05) is 0 Å². The van der Waals surface area contributed by atoms with Gasteiger partial charge in [-0.3, -0.25) is 9.59 Å². The van der Waals surface area contributed by atoms with E-state index >= 15 is 0 Å². The predicted molar refractivity (Wildman–Crippen MR) is 116 cm³/mol. The second-order valence-corrected chi connectivity index (χ2v) is 8.29. The van der Waals surface area contributed by atoms with Gasteiger partial charge in [0.25, 0.3) is 5.91 Å². The normalized spacial score (nSPS) is 23.1. The standard InChI is InChI=1S/C22H32N4O5/c1-5-23-20(27)11-15-7-8-17-19(31-15)12-30-18-9-6-14(25-22(29)24-13(2)3)10-16(18)21(28)26(17)4/h6,9-10,13,15,17,19H,5,7-8,11-12H2,1-4H3,(H,23,27)(H2,24,25,29)/t15-,17-,19+/m0/s1. The predicted octanol–water partition coefficient (Wildman–Crippen LogP) is 2.12. The summed E-state index contributed by atoms with van der Waals surface area (Å²) in [4.78, 5) is 38.8. The lowest BCUT2D eigenvalue weighted by Crippen LogP contribution is -2.54. The largest absolute Gasteiger partial charge is 0.490 e. The molecule has 3 N–H and O–H groups in total. The minimum atomic E-state index is -0.332. The molecule has 0 spiro atoms. The number of hydrogen-bond donors (Lipinski definition) is 3. The first-order chi connectivity index (χ1) is 14.8. The van der Waals surface area contributed by atoms with E-state index in [-0.39, 0.29) is 48.7 Å². The van der Waals surface area contributed by atoms with Crippen molar-refractivity contribution in [2.45, 2.75) is 64.3 Å². The third-order valence-corrected chi connectivity index (χ3v) is 5.48. The third-order valence-electron chi connectivity index (χ3n) is 5.48. The van der Waals surface area contributed by atoms with Crippen LogP contribution in [-0.2, 0) is 9.53 Å². The Morgan fingerprint density at radius 2 is 2.03 bits per heavy atom. The summed E-state index contributed by atoms with van der Waals surface area (Å²) in [6.45, 7) is 6.49. The molecule has 3 rings (SSSR count). The summed E-state index contributed by atoms with van der Waals surface area (Å²) in [7, 11) is 1.76. The number of carbonyl (C=O) groups is 3. The van der Waals surface area contributed by atoms with Crippen molar-refractivity contribution in [2.24, 2.45) is 0 Å². The van der Waals surface area contributed by atoms with E-state index in [2.05, 4.69) is 16.0 Å². The van der Waals surface area contributed by atoms with Gasteiger partial charge in [0.15, 0.2) is 0 Å². The van der Waals surface area contributed by atoms with Crippen LogP contribution in [0.4, 0.5) is 10.5 Å². The zero-order valence-electron chi connectivity index (χ0n) is 18.6. The minimum absolute atomic E-state index is 0.000506. The third kappa shape index (κ3) is 5.66. The molecule has 1 fully saturated rings. The first-order valence-corrected chi connectivity index (χ1v) is 10.8. The Balaban J connectivity index is 1.73. The van der Waals surface area contributed by atoms with Gasteiger partial charge >= 0.3 is 6.03 Å². The van der Waals surface area contributed by atoms with Crippen molar-refractivity contribution in [3.63, 3.8) is 0 Å². The maximum Gasteiger partial charge on any atom is 0.319 e. The quantitative estimate of drug-likeness (QED) is 0.660. The second-order valence-electron chi connectivity index (χ2n) is 8.29. The van der Waals surface area contributed by atoms with Crippen molar-refractivity contribution in [2.75, 3.05) is 25.5 Å². The first-order valence-electron chi connectivity index (χ1n) is 10.8. The molecule has 1 aromatic rings. The summed E-state index contributed by atoms with van der Waals surface area (Å²) in [5.74, 6) is 0.219. The summed E-state index contributed by atoms with van der Waals surface area (Å²) in [5.41, 5.74) is 0.911. The molecule has 170 valence electrons. The number of rotatable bonds is 5. The molecule has 2 aliphatic heterocycles. The van der Waals surface area contributed by atoms with Gasteiger partial charge in [0.2, 0.25) is 5.91 Å². The van der Waals surface area contributed by atoms with E-state index in [0.29, 0.717) is 36.4 Å². The molecule has 4 amide bonds. The maximum absolute atomic E-state index is 13.2. The van der Waals surface area contributed by atoms with Crippen molar-refractivity contribution in [3.05, 3.63) is 23.8 Å². The van der Waals surface area contributed by atoms with Gasteiger partial charge in [-0.25, -0.2) is 4.79 Å². The molecule has 1 aromatic carbocycles. The fourth-order valence-electron chi connectivity index (χ4n) is 4.01. The van der Waals surface area contributed by atoms with Gasteiger partial charge in [-0.15, -0.1) is 0 Å².